The summed E-state index contributed by atoms with van der Waals surface area (Å²) < 4.78 is 0. The number of aliphatic hydroxyl groups excluding tert-OH is 1. The third-order valence-electron chi connectivity index (χ3n) is 2.76. The molecule has 0 aromatic carbocycles. The van der Waals surface area contributed by atoms with Crippen LogP contribution in [0.1, 0.15) is 46.0 Å². The van der Waals surface area contributed by atoms with Crippen LogP contribution in [0.5, 0.6) is 0 Å². The van der Waals surface area contributed by atoms with Gasteiger partial charge in [-0.25, -0.2) is 0 Å². The van der Waals surface area contributed by atoms with Gasteiger partial charge in [0.25, 0.3) is 0 Å². The Hall–Kier alpha value is -0.770. The van der Waals surface area contributed by atoms with E-state index >= 15 is 0 Å². The summed E-state index contributed by atoms with van der Waals surface area (Å²) in [7, 11) is 0. The van der Waals surface area contributed by atoms with Gasteiger partial charge in [0, 0.05) is 0 Å². The highest BCUT2D eigenvalue weighted by atomic mass is 16.3. The van der Waals surface area contributed by atoms with Crippen LogP contribution in [0, 0.1) is 0 Å². The third kappa shape index (κ3) is 4.51. The molecular formula is C11H23N3O. The summed E-state index contributed by atoms with van der Waals surface area (Å²) in [5.41, 5.74) is 5.41. The topological polar surface area (TPSA) is 70.6 Å². The fraction of sp³-hybridized carbons (Fsp3) is 0.909. The number of rotatable bonds is 3. The molecule has 4 N–H and O–H groups in total. The Morgan fingerprint density at radius 3 is 2.53 bits per heavy atom. The average Bonchev–Trinajstić information content (AvgIpc) is 2.18. The smallest absolute Gasteiger partial charge is 0.189 e. The second-order valence-electron chi connectivity index (χ2n) is 4.97. The van der Waals surface area contributed by atoms with Gasteiger partial charge in [0.15, 0.2) is 5.96 Å². The van der Waals surface area contributed by atoms with Crippen LogP contribution in [0.2, 0.25) is 0 Å². The third-order valence-corrected chi connectivity index (χ3v) is 2.76. The molecule has 0 amide bonds. The molecule has 1 rings (SSSR count). The number of aliphatic imine (C=N–C) groups is 1. The molecule has 4 nitrogen and oxygen atoms in total. The molecule has 0 radical (unpaired) electrons. The molecule has 0 aliphatic heterocycles. The van der Waals surface area contributed by atoms with Gasteiger partial charge in [-0.05, 0) is 26.7 Å². The molecule has 0 spiro atoms. The highest BCUT2D eigenvalue weighted by Crippen LogP contribution is 2.20. The van der Waals surface area contributed by atoms with Crippen molar-refractivity contribution in [1.82, 2.24) is 5.32 Å². The second-order valence-corrected chi connectivity index (χ2v) is 4.97. The number of aliphatic hydroxyl groups is 1. The van der Waals surface area contributed by atoms with Gasteiger partial charge < -0.3 is 16.2 Å². The Kier molecular flexibility index (Phi) is 4.39. The lowest BCUT2D eigenvalue weighted by Gasteiger charge is -2.25. The van der Waals surface area contributed by atoms with Gasteiger partial charge in [-0.15, -0.1) is 0 Å². The summed E-state index contributed by atoms with van der Waals surface area (Å²) >= 11 is 0. The molecule has 0 saturated heterocycles. The van der Waals surface area contributed by atoms with E-state index in [1.807, 2.05) is 13.8 Å². The highest BCUT2D eigenvalue weighted by Gasteiger charge is 2.18. The molecular weight excluding hydrogens is 190 g/mol. The molecule has 4 heteroatoms. The molecule has 0 heterocycles. The Morgan fingerprint density at radius 1 is 1.40 bits per heavy atom. The van der Waals surface area contributed by atoms with Crippen LogP contribution in [-0.4, -0.2) is 29.3 Å². The monoisotopic (exact) mass is 213 g/mol. The first-order chi connectivity index (χ1) is 7.03. The Balaban J connectivity index is 2.44. The molecule has 1 aliphatic rings. The van der Waals surface area contributed by atoms with E-state index in [2.05, 4.69) is 10.3 Å². The van der Waals surface area contributed by atoms with Crippen molar-refractivity contribution < 1.29 is 5.11 Å². The zero-order valence-electron chi connectivity index (χ0n) is 9.79. The predicted molar refractivity (Wildman–Crippen MR) is 62.8 cm³/mol. The zero-order valence-corrected chi connectivity index (χ0v) is 9.79. The van der Waals surface area contributed by atoms with E-state index in [0.717, 1.165) is 12.8 Å². The summed E-state index contributed by atoms with van der Waals surface area (Å²) in [6, 6.07) is 0.376. The van der Waals surface area contributed by atoms with Crippen LogP contribution in [-0.2, 0) is 0 Å². The van der Waals surface area contributed by atoms with Crippen LogP contribution >= 0.6 is 0 Å². The summed E-state index contributed by atoms with van der Waals surface area (Å²) in [6.45, 7) is 3.85. The van der Waals surface area contributed by atoms with Crippen LogP contribution in [0.25, 0.3) is 0 Å². The van der Waals surface area contributed by atoms with E-state index < -0.39 is 0 Å². The average molecular weight is 213 g/mol. The largest absolute Gasteiger partial charge is 0.394 e. The molecule has 15 heavy (non-hydrogen) atoms. The summed E-state index contributed by atoms with van der Waals surface area (Å²) in [5.74, 6) is 0.459. The van der Waals surface area contributed by atoms with E-state index in [4.69, 9.17) is 10.8 Å². The maximum atomic E-state index is 9.08. The van der Waals surface area contributed by atoms with E-state index in [0.29, 0.717) is 12.0 Å². The first-order valence-electron chi connectivity index (χ1n) is 5.76. The lowest BCUT2D eigenvalue weighted by molar-refractivity contribution is 0.206. The number of nitrogens with two attached hydrogens (primary N) is 1. The summed E-state index contributed by atoms with van der Waals surface area (Å²) in [5, 5.41) is 12.1. The van der Waals surface area contributed by atoms with Crippen LogP contribution in [0.3, 0.4) is 0 Å². The minimum absolute atomic E-state index is 0.0495. The lowest BCUT2D eigenvalue weighted by Crippen LogP contribution is -2.50. The fourth-order valence-electron chi connectivity index (χ4n) is 1.83. The normalized spacial score (nSPS) is 20.3. The second kappa shape index (κ2) is 5.35. The minimum atomic E-state index is -0.387. The summed E-state index contributed by atoms with van der Waals surface area (Å²) in [6.07, 6.45) is 6.11. The fourth-order valence-corrected chi connectivity index (χ4v) is 1.83. The first kappa shape index (κ1) is 12.3. The van der Waals surface area contributed by atoms with Gasteiger partial charge in [-0.2, -0.15) is 0 Å². The van der Waals surface area contributed by atoms with Crippen molar-refractivity contribution in [2.45, 2.75) is 57.5 Å². The van der Waals surface area contributed by atoms with Gasteiger partial charge in [0.05, 0.1) is 18.2 Å². The molecule has 0 atom stereocenters. The van der Waals surface area contributed by atoms with Crippen molar-refractivity contribution >= 4 is 5.96 Å². The van der Waals surface area contributed by atoms with Crippen molar-refractivity contribution in [2.24, 2.45) is 10.7 Å². The molecule has 0 bridgehead atoms. The lowest BCUT2D eigenvalue weighted by atomic mass is 9.96. The Labute approximate surface area is 92.0 Å². The molecule has 1 aliphatic carbocycles. The van der Waals surface area contributed by atoms with E-state index in [-0.39, 0.29) is 12.1 Å². The number of hydrogen-bond donors (Lipinski definition) is 3. The quantitative estimate of drug-likeness (QED) is 0.484. The van der Waals surface area contributed by atoms with Crippen LogP contribution in [0.15, 0.2) is 4.99 Å². The zero-order chi connectivity index (χ0) is 11.3. The van der Waals surface area contributed by atoms with Gasteiger partial charge in [0.1, 0.15) is 0 Å². The Morgan fingerprint density at radius 2 is 2.00 bits per heavy atom. The van der Waals surface area contributed by atoms with Crippen molar-refractivity contribution in [3.63, 3.8) is 0 Å². The SMILES string of the molecule is CC(C)(CO)NC(N)=NC1CCCCC1. The van der Waals surface area contributed by atoms with Crippen molar-refractivity contribution in [1.29, 1.82) is 0 Å². The van der Waals surface area contributed by atoms with E-state index in [1.165, 1.54) is 19.3 Å². The molecule has 0 aromatic heterocycles. The number of nitrogens with zero attached hydrogens (tertiary/aromatic N) is 1. The molecule has 88 valence electrons. The van der Waals surface area contributed by atoms with Crippen LogP contribution < -0.4 is 11.1 Å². The summed E-state index contributed by atoms with van der Waals surface area (Å²) in [4.78, 5) is 4.44. The van der Waals surface area contributed by atoms with E-state index in [1.54, 1.807) is 0 Å². The number of hydrogen-bond acceptors (Lipinski definition) is 2. The molecule has 1 fully saturated rings. The first-order valence-corrected chi connectivity index (χ1v) is 5.76. The van der Waals surface area contributed by atoms with Crippen molar-refractivity contribution in [2.75, 3.05) is 6.61 Å². The van der Waals surface area contributed by atoms with Gasteiger partial charge >= 0.3 is 0 Å². The van der Waals surface area contributed by atoms with Crippen LogP contribution in [0.4, 0.5) is 0 Å². The number of guanidine groups is 1. The van der Waals surface area contributed by atoms with Gasteiger partial charge in [-0.3, -0.25) is 4.99 Å². The van der Waals surface area contributed by atoms with Crippen molar-refractivity contribution in [3.05, 3.63) is 0 Å². The standard InChI is InChI=1S/C11H23N3O/c1-11(2,8-15)14-10(12)13-9-6-4-3-5-7-9/h9,15H,3-8H2,1-2H3,(H3,12,13,14). The molecule has 0 aromatic rings. The molecule has 0 unspecified atom stereocenters. The van der Waals surface area contributed by atoms with Gasteiger partial charge in [0.2, 0.25) is 0 Å². The maximum absolute atomic E-state index is 9.08. The number of nitrogens with one attached hydrogen (secondary N) is 1. The molecule has 1 saturated carbocycles. The minimum Gasteiger partial charge on any atom is -0.394 e. The Bertz CT molecular complexity index is 220. The highest BCUT2D eigenvalue weighted by molar-refractivity contribution is 5.78. The van der Waals surface area contributed by atoms with E-state index in [9.17, 15) is 0 Å². The maximum Gasteiger partial charge on any atom is 0.189 e. The van der Waals surface area contributed by atoms with Crippen molar-refractivity contribution in [3.8, 4) is 0 Å². The predicted octanol–water partition coefficient (Wildman–Crippen LogP) is 0.994. The van der Waals surface area contributed by atoms with Gasteiger partial charge in [-0.1, -0.05) is 19.3 Å².